The van der Waals surface area contributed by atoms with E-state index in [0.29, 0.717) is 5.15 Å². The van der Waals surface area contributed by atoms with Gasteiger partial charge in [0.1, 0.15) is 16.8 Å². The average molecular weight is 258 g/mol. The molecule has 4 nitrogen and oxygen atoms in total. The lowest BCUT2D eigenvalue weighted by atomic mass is 10.2. The predicted octanol–water partition coefficient (Wildman–Crippen LogP) is 2.74. The Kier molecular flexibility index (Phi) is 5.15. The second-order valence-electron chi connectivity index (χ2n) is 4.43. The highest BCUT2D eigenvalue weighted by Gasteiger charge is 2.14. The molecule has 0 aliphatic heterocycles. The quantitative estimate of drug-likeness (QED) is 0.797. The molecular formula is C12H20ClN3O. The van der Waals surface area contributed by atoms with E-state index in [9.17, 15) is 5.11 Å². The van der Waals surface area contributed by atoms with Gasteiger partial charge < -0.3 is 10.4 Å². The van der Waals surface area contributed by atoms with Crippen LogP contribution in [0.25, 0.3) is 0 Å². The van der Waals surface area contributed by atoms with Crippen molar-refractivity contribution in [1.29, 1.82) is 0 Å². The van der Waals surface area contributed by atoms with Gasteiger partial charge in [-0.3, -0.25) is 0 Å². The van der Waals surface area contributed by atoms with Crippen molar-refractivity contribution >= 4 is 17.4 Å². The number of aliphatic hydroxyl groups is 1. The number of anilines is 1. The molecule has 0 saturated carbocycles. The van der Waals surface area contributed by atoms with Gasteiger partial charge in [0.25, 0.3) is 0 Å². The molecule has 0 aromatic carbocycles. The fourth-order valence-corrected chi connectivity index (χ4v) is 1.55. The molecule has 0 fully saturated rings. The Labute approximate surface area is 107 Å². The van der Waals surface area contributed by atoms with Crippen LogP contribution in [-0.4, -0.2) is 27.7 Å². The summed E-state index contributed by atoms with van der Waals surface area (Å²) in [7, 11) is 0. The van der Waals surface area contributed by atoms with Crippen LogP contribution >= 0.6 is 11.6 Å². The topological polar surface area (TPSA) is 58.0 Å². The van der Waals surface area contributed by atoms with Gasteiger partial charge in [-0.25, -0.2) is 9.97 Å². The van der Waals surface area contributed by atoms with E-state index in [1.165, 1.54) is 0 Å². The van der Waals surface area contributed by atoms with Gasteiger partial charge in [0.2, 0.25) is 0 Å². The smallest absolute Gasteiger partial charge is 0.137 e. The number of nitrogens with zero attached hydrogens (tertiary/aromatic N) is 2. The summed E-state index contributed by atoms with van der Waals surface area (Å²) in [5.41, 5.74) is 0.822. The summed E-state index contributed by atoms with van der Waals surface area (Å²) < 4.78 is 0. The Morgan fingerprint density at radius 1 is 1.35 bits per heavy atom. The Hall–Kier alpha value is -0.870. The maximum absolute atomic E-state index is 9.19. The van der Waals surface area contributed by atoms with Crippen LogP contribution in [-0.2, 0) is 0 Å². The molecule has 1 atom stereocenters. The molecule has 96 valence electrons. The summed E-state index contributed by atoms with van der Waals surface area (Å²) >= 11 is 6.08. The average Bonchev–Trinajstić information content (AvgIpc) is 2.30. The maximum atomic E-state index is 9.19. The molecule has 0 aliphatic carbocycles. The Bertz CT molecular complexity index is 378. The molecule has 17 heavy (non-hydrogen) atoms. The van der Waals surface area contributed by atoms with Crippen molar-refractivity contribution in [2.75, 3.05) is 11.9 Å². The van der Waals surface area contributed by atoms with E-state index in [1.807, 2.05) is 27.7 Å². The van der Waals surface area contributed by atoms with Crippen LogP contribution in [0.15, 0.2) is 0 Å². The molecule has 0 saturated heterocycles. The van der Waals surface area contributed by atoms with Gasteiger partial charge in [0, 0.05) is 11.5 Å². The molecule has 0 amide bonds. The molecule has 0 bridgehead atoms. The first-order valence-corrected chi connectivity index (χ1v) is 6.28. The van der Waals surface area contributed by atoms with Crippen LogP contribution in [0, 0.1) is 6.92 Å². The summed E-state index contributed by atoms with van der Waals surface area (Å²) in [5.74, 6) is 1.66. The third-order valence-corrected chi connectivity index (χ3v) is 3.04. The van der Waals surface area contributed by atoms with Crippen molar-refractivity contribution in [2.45, 2.75) is 46.1 Å². The fraction of sp³-hybridized carbons (Fsp3) is 0.667. The van der Waals surface area contributed by atoms with Crippen molar-refractivity contribution < 1.29 is 5.11 Å². The lowest BCUT2D eigenvalue weighted by molar-refractivity contribution is 0.271. The first-order valence-electron chi connectivity index (χ1n) is 5.91. The molecule has 1 unspecified atom stereocenters. The Morgan fingerprint density at radius 2 is 2.00 bits per heavy atom. The third-order valence-electron chi connectivity index (χ3n) is 2.67. The molecule has 0 aliphatic rings. The molecule has 1 aromatic heterocycles. The first-order chi connectivity index (χ1) is 7.99. The van der Waals surface area contributed by atoms with Crippen molar-refractivity contribution in [2.24, 2.45) is 0 Å². The molecule has 0 spiro atoms. The number of nitrogens with one attached hydrogen (secondary N) is 1. The minimum absolute atomic E-state index is 0.000297. The number of halogens is 1. The van der Waals surface area contributed by atoms with Gasteiger partial charge in [-0.2, -0.15) is 0 Å². The normalized spacial score (nSPS) is 12.9. The van der Waals surface area contributed by atoms with Gasteiger partial charge in [0.15, 0.2) is 0 Å². The van der Waals surface area contributed by atoms with Crippen molar-refractivity contribution in [3.8, 4) is 0 Å². The number of rotatable bonds is 5. The lowest BCUT2D eigenvalue weighted by Crippen LogP contribution is -2.24. The van der Waals surface area contributed by atoms with E-state index in [-0.39, 0.29) is 18.6 Å². The molecule has 1 aromatic rings. The Morgan fingerprint density at radius 3 is 2.47 bits per heavy atom. The van der Waals surface area contributed by atoms with Crippen LogP contribution in [0.2, 0.25) is 5.15 Å². The highest BCUT2D eigenvalue weighted by Crippen LogP contribution is 2.23. The van der Waals surface area contributed by atoms with E-state index >= 15 is 0 Å². The third kappa shape index (κ3) is 3.54. The highest BCUT2D eigenvalue weighted by atomic mass is 35.5. The van der Waals surface area contributed by atoms with Crippen LogP contribution in [0.4, 0.5) is 5.82 Å². The highest BCUT2D eigenvalue weighted by molar-refractivity contribution is 6.30. The second-order valence-corrected chi connectivity index (χ2v) is 4.79. The fourth-order valence-electron chi connectivity index (χ4n) is 1.37. The van der Waals surface area contributed by atoms with E-state index in [0.717, 1.165) is 23.6 Å². The Balaban J connectivity index is 3.05. The van der Waals surface area contributed by atoms with Gasteiger partial charge in [-0.1, -0.05) is 32.4 Å². The molecule has 1 heterocycles. The number of hydrogen-bond donors (Lipinski definition) is 2. The zero-order valence-corrected chi connectivity index (χ0v) is 11.5. The van der Waals surface area contributed by atoms with Crippen molar-refractivity contribution in [1.82, 2.24) is 9.97 Å². The summed E-state index contributed by atoms with van der Waals surface area (Å²) in [6.07, 6.45) is 0.828. The molecular weight excluding hydrogens is 238 g/mol. The minimum atomic E-state index is -0.000297. The van der Waals surface area contributed by atoms with Crippen LogP contribution in [0.3, 0.4) is 0 Å². The zero-order valence-electron chi connectivity index (χ0n) is 10.8. The summed E-state index contributed by atoms with van der Waals surface area (Å²) in [6.45, 7) is 8.01. The maximum Gasteiger partial charge on any atom is 0.137 e. The lowest BCUT2D eigenvalue weighted by Gasteiger charge is -2.18. The van der Waals surface area contributed by atoms with E-state index in [2.05, 4.69) is 15.3 Å². The van der Waals surface area contributed by atoms with Gasteiger partial charge in [-0.05, 0) is 13.3 Å². The second kappa shape index (κ2) is 6.17. The predicted molar refractivity (Wildman–Crippen MR) is 70.7 cm³/mol. The zero-order chi connectivity index (χ0) is 13.0. The summed E-state index contributed by atoms with van der Waals surface area (Å²) in [6, 6.07) is -0.000297. The van der Waals surface area contributed by atoms with E-state index in [4.69, 9.17) is 11.6 Å². The van der Waals surface area contributed by atoms with Gasteiger partial charge >= 0.3 is 0 Å². The molecule has 0 radical (unpaired) electrons. The van der Waals surface area contributed by atoms with Gasteiger partial charge in [0.05, 0.1) is 12.6 Å². The first kappa shape index (κ1) is 14.2. The standard InChI is InChI=1S/C12H20ClN3O/c1-5-9(6-17)14-12-8(4)10(13)15-11(16-12)7(2)3/h7,9,17H,5-6H2,1-4H3,(H,14,15,16). The minimum Gasteiger partial charge on any atom is -0.394 e. The van der Waals surface area contributed by atoms with Crippen LogP contribution in [0.5, 0.6) is 0 Å². The summed E-state index contributed by atoms with van der Waals surface area (Å²) in [4.78, 5) is 8.69. The van der Waals surface area contributed by atoms with Gasteiger partial charge in [-0.15, -0.1) is 0 Å². The van der Waals surface area contributed by atoms with Crippen molar-refractivity contribution in [3.05, 3.63) is 16.5 Å². The largest absolute Gasteiger partial charge is 0.394 e. The summed E-state index contributed by atoms with van der Waals surface area (Å²) in [5, 5.41) is 12.9. The van der Waals surface area contributed by atoms with E-state index < -0.39 is 0 Å². The van der Waals surface area contributed by atoms with Crippen LogP contribution in [0.1, 0.15) is 44.5 Å². The SMILES string of the molecule is CCC(CO)Nc1nc(C(C)C)nc(Cl)c1C. The molecule has 5 heteroatoms. The van der Waals surface area contributed by atoms with Crippen LogP contribution < -0.4 is 5.32 Å². The number of aliphatic hydroxyl groups excluding tert-OH is 1. The number of aromatic nitrogens is 2. The molecule has 2 N–H and O–H groups in total. The number of hydrogen-bond acceptors (Lipinski definition) is 4. The molecule has 1 rings (SSSR count). The monoisotopic (exact) mass is 257 g/mol. The van der Waals surface area contributed by atoms with Crippen molar-refractivity contribution in [3.63, 3.8) is 0 Å². The van der Waals surface area contributed by atoms with E-state index in [1.54, 1.807) is 0 Å².